The van der Waals surface area contributed by atoms with Gasteiger partial charge in [-0.1, -0.05) is 6.07 Å². The van der Waals surface area contributed by atoms with Gasteiger partial charge in [-0.25, -0.2) is 4.79 Å². The van der Waals surface area contributed by atoms with Crippen LogP contribution in [0.3, 0.4) is 0 Å². The van der Waals surface area contributed by atoms with Gasteiger partial charge < -0.3 is 19.3 Å². The van der Waals surface area contributed by atoms with Crippen LogP contribution in [0, 0.1) is 0 Å². The molecule has 132 valence electrons. The molecule has 1 aliphatic heterocycles. The van der Waals surface area contributed by atoms with Gasteiger partial charge in [0.1, 0.15) is 5.75 Å². The zero-order chi connectivity index (χ0) is 18.0. The molecule has 0 saturated heterocycles. The van der Waals surface area contributed by atoms with Crippen LogP contribution in [0.25, 0.3) is 5.57 Å². The van der Waals surface area contributed by atoms with Crippen molar-refractivity contribution in [2.24, 2.45) is 0 Å². The molecule has 0 bridgehead atoms. The maximum absolute atomic E-state index is 12.9. The van der Waals surface area contributed by atoms with Crippen molar-refractivity contribution in [3.8, 4) is 5.75 Å². The van der Waals surface area contributed by atoms with Gasteiger partial charge in [-0.05, 0) is 17.7 Å². The number of ether oxygens (including phenoxy) is 3. The normalized spacial score (nSPS) is 18.1. The standard InChI is InChI=1S/C16H17F3O5/c1-22-8-15(9-23-2)7-10(5-14(20)21)12-4-3-11(16(17,18)19)6-13(12)24-15/h3-6H,7-9H2,1-2H3,(H,20,21). The van der Waals surface area contributed by atoms with Crippen molar-refractivity contribution >= 4 is 11.5 Å². The number of benzene rings is 1. The summed E-state index contributed by atoms with van der Waals surface area (Å²) < 4.78 is 54.8. The van der Waals surface area contributed by atoms with Crippen LogP contribution in [0.2, 0.25) is 0 Å². The summed E-state index contributed by atoms with van der Waals surface area (Å²) in [6.07, 6.45) is -3.42. The first-order valence-corrected chi connectivity index (χ1v) is 7.03. The molecule has 0 radical (unpaired) electrons. The molecule has 5 nitrogen and oxygen atoms in total. The Kier molecular flexibility index (Phi) is 5.19. The van der Waals surface area contributed by atoms with Crippen molar-refractivity contribution in [2.75, 3.05) is 27.4 Å². The molecule has 2 rings (SSSR count). The Labute approximate surface area is 136 Å². The highest BCUT2D eigenvalue weighted by Gasteiger charge is 2.41. The van der Waals surface area contributed by atoms with E-state index in [1.54, 1.807) is 0 Å². The minimum Gasteiger partial charge on any atom is -0.481 e. The number of carboxylic acids is 1. The lowest BCUT2D eigenvalue weighted by molar-refractivity contribution is -0.138. The van der Waals surface area contributed by atoms with Crippen LogP contribution >= 0.6 is 0 Å². The van der Waals surface area contributed by atoms with Crippen LogP contribution in [0.5, 0.6) is 5.75 Å². The zero-order valence-electron chi connectivity index (χ0n) is 13.1. The number of carbonyl (C=O) groups is 1. The number of alkyl halides is 3. The molecule has 0 atom stereocenters. The number of fused-ring (bicyclic) bond motifs is 1. The lowest BCUT2D eigenvalue weighted by Crippen LogP contribution is -2.47. The average molecular weight is 346 g/mol. The van der Waals surface area contributed by atoms with Gasteiger partial charge in [-0.3, -0.25) is 0 Å². The third kappa shape index (κ3) is 3.88. The number of hydrogen-bond donors (Lipinski definition) is 1. The van der Waals surface area contributed by atoms with Crippen molar-refractivity contribution in [3.05, 3.63) is 35.4 Å². The van der Waals surface area contributed by atoms with Gasteiger partial charge in [-0.2, -0.15) is 13.2 Å². The fourth-order valence-electron chi connectivity index (χ4n) is 2.77. The Morgan fingerprint density at radius 1 is 1.33 bits per heavy atom. The first kappa shape index (κ1) is 18.3. The second kappa shape index (κ2) is 6.82. The number of aliphatic carboxylic acids is 1. The monoisotopic (exact) mass is 346 g/mol. The van der Waals surface area contributed by atoms with Gasteiger partial charge in [0, 0.05) is 32.3 Å². The van der Waals surface area contributed by atoms with Crippen molar-refractivity contribution in [2.45, 2.75) is 18.2 Å². The summed E-state index contributed by atoms with van der Waals surface area (Å²) in [7, 11) is 2.84. The van der Waals surface area contributed by atoms with Crippen molar-refractivity contribution in [1.82, 2.24) is 0 Å². The van der Waals surface area contributed by atoms with Crippen molar-refractivity contribution < 1.29 is 37.3 Å². The van der Waals surface area contributed by atoms with Gasteiger partial charge in [0.15, 0.2) is 5.60 Å². The minimum absolute atomic E-state index is 0.0352. The summed E-state index contributed by atoms with van der Waals surface area (Å²) in [6.45, 7) is 0.0704. The molecule has 1 N–H and O–H groups in total. The molecule has 1 aromatic rings. The van der Waals surface area contributed by atoms with E-state index in [0.29, 0.717) is 11.1 Å². The van der Waals surface area contributed by atoms with Crippen molar-refractivity contribution in [1.29, 1.82) is 0 Å². The molecule has 8 heteroatoms. The topological polar surface area (TPSA) is 65.0 Å². The Morgan fingerprint density at radius 2 is 1.96 bits per heavy atom. The van der Waals surface area contributed by atoms with E-state index in [1.807, 2.05) is 0 Å². The fraction of sp³-hybridized carbons (Fsp3) is 0.438. The minimum atomic E-state index is -4.53. The molecule has 0 spiro atoms. The fourth-order valence-corrected chi connectivity index (χ4v) is 2.77. The van der Waals surface area contributed by atoms with E-state index < -0.39 is 23.3 Å². The maximum Gasteiger partial charge on any atom is 0.416 e. The van der Waals surface area contributed by atoms with Gasteiger partial charge in [0.25, 0.3) is 0 Å². The molecule has 24 heavy (non-hydrogen) atoms. The highest BCUT2D eigenvalue weighted by Crippen LogP contribution is 2.43. The highest BCUT2D eigenvalue weighted by atomic mass is 19.4. The van der Waals surface area contributed by atoms with Crippen LogP contribution < -0.4 is 4.74 Å². The van der Waals surface area contributed by atoms with Gasteiger partial charge in [0.05, 0.1) is 18.8 Å². The summed E-state index contributed by atoms with van der Waals surface area (Å²) >= 11 is 0. The molecule has 0 aromatic heterocycles. The molecule has 0 unspecified atom stereocenters. The summed E-state index contributed by atoms with van der Waals surface area (Å²) in [5.74, 6) is -1.24. The Morgan fingerprint density at radius 3 is 2.46 bits per heavy atom. The lowest BCUT2D eigenvalue weighted by Gasteiger charge is -2.39. The number of rotatable bonds is 5. The molecule has 1 heterocycles. The smallest absolute Gasteiger partial charge is 0.416 e. The molecule has 1 aromatic carbocycles. The quantitative estimate of drug-likeness (QED) is 0.831. The number of methoxy groups -OCH3 is 2. The zero-order valence-corrected chi connectivity index (χ0v) is 13.1. The van der Waals surface area contributed by atoms with Crippen LogP contribution in [0.4, 0.5) is 13.2 Å². The van der Waals surface area contributed by atoms with E-state index in [4.69, 9.17) is 19.3 Å². The third-order valence-corrected chi connectivity index (χ3v) is 3.61. The first-order chi connectivity index (χ1) is 11.2. The molecular formula is C16H17F3O5. The molecular weight excluding hydrogens is 329 g/mol. The third-order valence-electron chi connectivity index (χ3n) is 3.61. The summed E-state index contributed by atoms with van der Waals surface area (Å²) in [6, 6.07) is 2.98. The van der Waals surface area contributed by atoms with Crippen LogP contribution in [-0.2, 0) is 20.4 Å². The largest absolute Gasteiger partial charge is 0.481 e. The van der Waals surface area contributed by atoms with E-state index >= 15 is 0 Å². The number of carboxylic acid groups (broad SMARTS) is 1. The van der Waals surface area contributed by atoms with Gasteiger partial charge in [0.2, 0.25) is 0 Å². The summed E-state index contributed by atoms with van der Waals surface area (Å²) in [5.41, 5.74) is -1.30. The molecule has 0 aliphatic carbocycles. The Balaban J connectivity index is 2.57. The predicted molar refractivity (Wildman–Crippen MR) is 78.8 cm³/mol. The van der Waals surface area contributed by atoms with E-state index in [0.717, 1.165) is 18.2 Å². The van der Waals surface area contributed by atoms with Crippen LogP contribution in [-0.4, -0.2) is 44.1 Å². The average Bonchev–Trinajstić information content (AvgIpc) is 2.45. The predicted octanol–water partition coefficient (Wildman–Crippen LogP) is 2.99. The SMILES string of the molecule is COCC1(COC)CC(=CC(=O)O)c2ccc(C(F)(F)F)cc2O1. The highest BCUT2D eigenvalue weighted by molar-refractivity contribution is 5.91. The number of hydrogen-bond acceptors (Lipinski definition) is 4. The second-order valence-electron chi connectivity index (χ2n) is 5.54. The Hall–Kier alpha value is -2.06. The van der Waals surface area contributed by atoms with E-state index in [1.165, 1.54) is 20.3 Å². The molecule has 1 aliphatic rings. The second-order valence-corrected chi connectivity index (χ2v) is 5.54. The Bertz CT molecular complexity index is 646. The van der Waals surface area contributed by atoms with Crippen LogP contribution in [0.15, 0.2) is 24.3 Å². The maximum atomic E-state index is 12.9. The molecule has 0 saturated carbocycles. The molecule has 0 amide bonds. The number of halogens is 3. The lowest BCUT2D eigenvalue weighted by atomic mass is 9.87. The van der Waals surface area contributed by atoms with Gasteiger partial charge >= 0.3 is 12.1 Å². The van der Waals surface area contributed by atoms with E-state index in [9.17, 15) is 18.0 Å². The van der Waals surface area contributed by atoms with Gasteiger partial charge in [-0.15, -0.1) is 0 Å². The van der Waals surface area contributed by atoms with Crippen molar-refractivity contribution in [3.63, 3.8) is 0 Å². The van der Waals surface area contributed by atoms with E-state index in [2.05, 4.69) is 0 Å². The first-order valence-electron chi connectivity index (χ1n) is 7.03. The summed E-state index contributed by atoms with van der Waals surface area (Å²) in [5, 5.41) is 9.05. The van der Waals surface area contributed by atoms with E-state index in [-0.39, 0.29) is 25.4 Å². The summed E-state index contributed by atoms with van der Waals surface area (Å²) in [4.78, 5) is 11.1. The van der Waals surface area contributed by atoms with Crippen LogP contribution in [0.1, 0.15) is 17.5 Å². The molecule has 0 fully saturated rings.